The van der Waals surface area contributed by atoms with Gasteiger partial charge >= 0.3 is 0 Å². The summed E-state index contributed by atoms with van der Waals surface area (Å²) in [5.74, 6) is 1.90. The third-order valence-corrected chi connectivity index (χ3v) is 11.2. The van der Waals surface area contributed by atoms with Gasteiger partial charge in [0.25, 0.3) is 0 Å². The molecular formula is C47H27N3OS. The van der Waals surface area contributed by atoms with Crippen molar-refractivity contribution in [3.63, 3.8) is 0 Å². The fraction of sp³-hybridized carbons (Fsp3) is 0. The van der Waals surface area contributed by atoms with Crippen molar-refractivity contribution in [1.82, 2.24) is 15.0 Å². The van der Waals surface area contributed by atoms with E-state index in [1.807, 2.05) is 6.07 Å². The second-order valence-electron chi connectivity index (χ2n) is 13.2. The quantitative estimate of drug-likeness (QED) is 0.185. The number of hydrogen-bond donors (Lipinski definition) is 0. The first-order chi connectivity index (χ1) is 25.7. The lowest BCUT2D eigenvalue weighted by Crippen LogP contribution is -2.01. The maximum Gasteiger partial charge on any atom is 0.164 e. The summed E-state index contributed by atoms with van der Waals surface area (Å²) in [6, 6.07) is 57.4. The number of benzene rings is 8. The minimum atomic E-state index is 0.622. The van der Waals surface area contributed by atoms with Gasteiger partial charge in [-0.1, -0.05) is 127 Å². The standard InChI is InChI=1S/C47H27N3OS/c1-2-11-28(12-3-1)31-23-24-40-37(26-31)38-27-39(33-15-6-7-16-34(33)44(38)51-40)47-49-45(32-22-21-29-13-4-5-14-30(29)25-32)48-46(50-47)36-18-10-20-42-43(36)35-17-8-9-19-41(35)52-42/h1-27H. The molecule has 8 aromatic carbocycles. The lowest BCUT2D eigenvalue weighted by Gasteiger charge is -2.12. The molecule has 0 amide bonds. The maximum atomic E-state index is 6.60. The fourth-order valence-corrected chi connectivity index (χ4v) is 8.76. The van der Waals surface area contributed by atoms with Gasteiger partial charge in [0.2, 0.25) is 0 Å². The van der Waals surface area contributed by atoms with Crippen molar-refractivity contribution >= 4 is 75.0 Å². The molecule has 0 saturated carbocycles. The van der Waals surface area contributed by atoms with Gasteiger partial charge in [-0.05, 0) is 63.7 Å². The van der Waals surface area contributed by atoms with Crippen molar-refractivity contribution in [3.05, 3.63) is 164 Å². The van der Waals surface area contributed by atoms with Crippen LogP contribution in [0, 0.1) is 0 Å². The summed E-state index contributed by atoms with van der Waals surface area (Å²) in [5, 5.41) is 8.82. The van der Waals surface area contributed by atoms with Crippen LogP contribution >= 0.6 is 11.3 Å². The zero-order valence-corrected chi connectivity index (χ0v) is 28.6. The fourth-order valence-electron chi connectivity index (χ4n) is 7.63. The Morgan fingerprint density at radius 2 is 1.08 bits per heavy atom. The van der Waals surface area contributed by atoms with Crippen LogP contribution in [0.3, 0.4) is 0 Å². The number of thiophene rings is 1. The Labute approximate surface area is 302 Å². The molecule has 0 fully saturated rings. The second kappa shape index (κ2) is 11.4. The minimum Gasteiger partial charge on any atom is -0.455 e. The van der Waals surface area contributed by atoms with Crippen LogP contribution in [-0.2, 0) is 0 Å². The van der Waals surface area contributed by atoms with E-state index in [4.69, 9.17) is 19.4 Å². The van der Waals surface area contributed by atoms with Crippen molar-refractivity contribution < 1.29 is 4.42 Å². The molecule has 242 valence electrons. The number of fused-ring (bicyclic) bond motifs is 9. The molecular weight excluding hydrogens is 655 g/mol. The highest BCUT2D eigenvalue weighted by molar-refractivity contribution is 7.25. The molecule has 0 radical (unpaired) electrons. The van der Waals surface area contributed by atoms with Crippen molar-refractivity contribution in [2.75, 3.05) is 0 Å². The molecule has 0 bridgehead atoms. The van der Waals surface area contributed by atoms with Gasteiger partial charge in [0.15, 0.2) is 17.5 Å². The van der Waals surface area contributed by atoms with Crippen molar-refractivity contribution in [2.45, 2.75) is 0 Å². The van der Waals surface area contributed by atoms with Gasteiger partial charge in [0.1, 0.15) is 11.2 Å². The molecule has 0 N–H and O–H groups in total. The molecule has 0 atom stereocenters. The summed E-state index contributed by atoms with van der Waals surface area (Å²) < 4.78 is 9.05. The molecule has 5 heteroatoms. The predicted octanol–water partition coefficient (Wildman–Crippen LogP) is 13.1. The molecule has 0 aliphatic carbocycles. The van der Waals surface area contributed by atoms with Crippen LogP contribution in [0.1, 0.15) is 0 Å². The zero-order chi connectivity index (χ0) is 34.2. The smallest absolute Gasteiger partial charge is 0.164 e. The molecule has 52 heavy (non-hydrogen) atoms. The van der Waals surface area contributed by atoms with Gasteiger partial charge in [-0.2, -0.15) is 0 Å². The van der Waals surface area contributed by atoms with E-state index in [0.29, 0.717) is 17.5 Å². The van der Waals surface area contributed by atoms with E-state index in [1.165, 1.54) is 25.6 Å². The summed E-state index contributed by atoms with van der Waals surface area (Å²) in [5.41, 5.74) is 6.88. The lowest BCUT2D eigenvalue weighted by atomic mass is 9.98. The molecule has 0 saturated heterocycles. The Morgan fingerprint density at radius 3 is 1.96 bits per heavy atom. The van der Waals surface area contributed by atoms with Gasteiger partial charge < -0.3 is 4.42 Å². The number of aromatic nitrogens is 3. The normalized spacial score (nSPS) is 11.8. The van der Waals surface area contributed by atoms with Crippen LogP contribution < -0.4 is 0 Å². The topological polar surface area (TPSA) is 51.8 Å². The summed E-state index contributed by atoms with van der Waals surface area (Å²) >= 11 is 1.80. The Hall–Kier alpha value is -6.69. The van der Waals surface area contributed by atoms with Crippen LogP contribution in [0.4, 0.5) is 0 Å². The van der Waals surface area contributed by atoms with Gasteiger partial charge in [0, 0.05) is 53.0 Å². The summed E-state index contributed by atoms with van der Waals surface area (Å²) in [6.45, 7) is 0. The predicted molar refractivity (Wildman–Crippen MR) is 217 cm³/mol. The highest BCUT2D eigenvalue weighted by atomic mass is 32.1. The molecule has 11 rings (SSSR count). The van der Waals surface area contributed by atoms with E-state index in [1.54, 1.807) is 11.3 Å². The SMILES string of the molecule is c1ccc(-c2ccc3oc4c5ccccc5c(-c5nc(-c6ccc7ccccc7c6)nc(-c6cccc7sc8ccccc8c67)n5)cc4c3c2)cc1. The van der Waals surface area contributed by atoms with Gasteiger partial charge in [-0.15, -0.1) is 11.3 Å². The number of hydrogen-bond acceptors (Lipinski definition) is 5. The molecule has 11 aromatic rings. The summed E-state index contributed by atoms with van der Waals surface area (Å²) in [7, 11) is 0. The minimum absolute atomic E-state index is 0.622. The van der Waals surface area contributed by atoms with Crippen LogP contribution in [0.15, 0.2) is 168 Å². The van der Waals surface area contributed by atoms with Crippen molar-refractivity contribution in [2.24, 2.45) is 0 Å². The first-order valence-corrected chi connectivity index (χ1v) is 18.2. The molecule has 0 aliphatic rings. The van der Waals surface area contributed by atoms with E-state index >= 15 is 0 Å². The van der Waals surface area contributed by atoms with Crippen LogP contribution in [0.5, 0.6) is 0 Å². The van der Waals surface area contributed by atoms with Crippen molar-refractivity contribution in [3.8, 4) is 45.3 Å². The lowest BCUT2D eigenvalue weighted by molar-refractivity contribution is 0.673. The van der Waals surface area contributed by atoms with E-state index in [0.717, 1.165) is 65.9 Å². The second-order valence-corrected chi connectivity index (χ2v) is 14.3. The maximum absolute atomic E-state index is 6.60. The Balaban J connectivity index is 1.21. The Kier molecular flexibility index (Phi) is 6.39. The molecule has 3 heterocycles. The third-order valence-electron chi connectivity index (χ3n) is 10.1. The van der Waals surface area contributed by atoms with E-state index in [9.17, 15) is 0 Å². The number of rotatable bonds is 4. The van der Waals surface area contributed by atoms with Crippen molar-refractivity contribution in [1.29, 1.82) is 0 Å². The van der Waals surface area contributed by atoms with Gasteiger partial charge in [0.05, 0.1) is 0 Å². The zero-order valence-electron chi connectivity index (χ0n) is 27.7. The molecule has 3 aromatic heterocycles. The Morgan fingerprint density at radius 1 is 0.385 bits per heavy atom. The highest BCUT2D eigenvalue weighted by Crippen LogP contribution is 2.43. The Bertz CT molecular complexity index is 3200. The first kappa shape index (κ1) is 29.1. The number of nitrogens with zero attached hydrogens (tertiary/aromatic N) is 3. The molecule has 0 spiro atoms. The van der Waals surface area contributed by atoms with E-state index < -0.39 is 0 Å². The van der Waals surface area contributed by atoms with E-state index in [-0.39, 0.29) is 0 Å². The van der Waals surface area contributed by atoms with Gasteiger partial charge in [-0.3, -0.25) is 0 Å². The highest BCUT2D eigenvalue weighted by Gasteiger charge is 2.21. The van der Waals surface area contributed by atoms with Crippen LogP contribution in [0.2, 0.25) is 0 Å². The largest absolute Gasteiger partial charge is 0.455 e. The van der Waals surface area contributed by atoms with Crippen LogP contribution in [0.25, 0.3) is 109 Å². The summed E-state index contributed by atoms with van der Waals surface area (Å²) in [4.78, 5) is 15.8. The average molecular weight is 682 g/mol. The molecule has 0 unspecified atom stereocenters. The van der Waals surface area contributed by atoms with E-state index in [2.05, 4.69) is 158 Å². The summed E-state index contributed by atoms with van der Waals surface area (Å²) in [6.07, 6.45) is 0. The van der Waals surface area contributed by atoms with Crippen LogP contribution in [-0.4, -0.2) is 15.0 Å². The first-order valence-electron chi connectivity index (χ1n) is 17.3. The van der Waals surface area contributed by atoms with Gasteiger partial charge in [-0.25, -0.2) is 15.0 Å². The third kappa shape index (κ3) is 4.57. The molecule has 0 aliphatic heterocycles. The monoisotopic (exact) mass is 681 g/mol. The molecule has 4 nitrogen and oxygen atoms in total. The average Bonchev–Trinajstić information content (AvgIpc) is 3.79. The number of furan rings is 1.